The third-order valence-corrected chi connectivity index (χ3v) is 6.89. The van der Waals surface area contributed by atoms with E-state index in [0.29, 0.717) is 37.4 Å². The zero-order valence-corrected chi connectivity index (χ0v) is 16.6. The molecule has 8 heteroatoms. The first-order valence-corrected chi connectivity index (χ1v) is 11.2. The minimum absolute atomic E-state index is 0.00796. The van der Waals surface area contributed by atoms with Crippen molar-refractivity contribution >= 4 is 27.8 Å². The smallest absolute Gasteiger partial charge is 0.339 e. The second-order valence-corrected chi connectivity index (χ2v) is 8.73. The standard InChI is InChI=1S/C19H21NO5S2/c1-26-18-8-3-2-7-17(18)19(21)25-14-15-5-4-6-16(13-15)27(22,23)20-9-11-24-12-10-20/h2-8,13H,9-12,14H2,1H3. The average molecular weight is 408 g/mol. The Labute approximate surface area is 163 Å². The molecule has 1 aliphatic heterocycles. The first-order valence-electron chi connectivity index (χ1n) is 8.49. The van der Waals surface area contributed by atoms with Gasteiger partial charge >= 0.3 is 5.97 Å². The summed E-state index contributed by atoms with van der Waals surface area (Å²) in [6.45, 7) is 1.48. The molecule has 1 fully saturated rings. The van der Waals surface area contributed by atoms with E-state index in [0.717, 1.165) is 4.90 Å². The lowest BCUT2D eigenvalue weighted by Gasteiger charge is -2.26. The van der Waals surface area contributed by atoms with Crippen LogP contribution in [0.2, 0.25) is 0 Å². The van der Waals surface area contributed by atoms with E-state index in [1.165, 1.54) is 16.1 Å². The molecule has 0 unspecified atom stereocenters. The Morgan fingerprint density at radius 1 is 1.15 bits per heavy atom. The van der Waals surface area contributed by atoms with Gasteiger partial charge in [-0.1, -0.05) is 24.3 Å². The molecular weight excluding hydrogens is 386 g/mol. The highest BCUT2D eigenvalue weighted by Gasteiger charge is 2.26. The molecular formula is C19H21NO5S2. The van der Waals surface area contributed by atoms with Crippen molar-refractivity contribution in [1.82, 2.24) is 4.31 Å². The van der Waals surface area contributed by atoms with Crippen LogP contribution in [0.4, 0.5) is 0 Å². The van der Waals surface area contributed by atoms with Crippen LogP contribution in [-0.4, -0.2) is 51.3 Å². The first kappa shape index (κ1) is 19.9. The number of hydrogen-bond donors (Lipinski definition) is 0. The monoisotopic (exact) mass is 407 g/mol. The number of carbonyl (C=O) groups is 1. The highest BCUT2D eigenvalue weighted by molar-refractivity contribution is 7.98. The van der Waals surface area contributed by atoms with Gasteiger partial charge in [-0.3, -0.25) is 0 Å². The Bertz CT molecular complexity index is 908. The molecule has 0 aliphatic carbocycles. The van der Waals surface area contributed by atoms with Crippen molar-refractivity contribution in [1.29, 1.82) is 0 Å². The average Bonchev–Trinajstić information content (AvgIpc) is 2.72. The molecule has 1 aliphatic rings. The SMILES string of the molecule is CSc1ccccc1C(=O)OCc1cccc(S(=O)(=O)N2CCOCC2)c1. The van der Waals surface area contributed by atoms with E-state index < -0.39 is 16.0 Å². The van der Waals surface area contributed by atoms with Gasteiger partial charge in [0, 0.05) is 18.0 Å². The number of benzene rings is 2. The lowest BCUT2D eigenvalue weighted by atomic mass is 10.2. The molecule has 27 heavy (non-hydrogen) atoms. The Kier molecular flexibility index (Phi) is 6.54. The van der Waals surface area contributed by atoms with Gasteiger partial charge in [0.2, 0.25) is 10.0 Å². The molecule has 0 bridgehead atoms. The summed E-state index contributed by atoms with van der Waals surface area (Å²) >= 11 is 1.47. The largest absolute Gasteiger partial charge is 0.457 e. The fourth-order valence-electron chi connectivity index (χ4n) is 2.77. The number of esters is 1. The predicted molar refractivity (Wildman–Crippen MR) is 103 cm³/mol. The molecule has 3 rings (SSSR count). The van der Waals surface area contributed by atoms with Gasteiger partial charge in [-0.25, -0.2) is 13.2 Å². The van der Waals surface area contributed by atoms with Crippen molar-refractivity contribution in [2.24, 2.45) is 0 Å². The topological polar surface area (TPSA) is 72.9 Å². The van der Waals surface area contributed by atoms with E-state index in [4.69, 9.17) is 9.47 Å². The normalized spacial score (nSPS) is 15.4. The molecule has 1 heterocycles. The summed E-state index contributed by atoms with van der Waals surface area (Å²) < 4.78 is 37.5. The predicted octanol–water partition coefficient (Wildman–Crippen LogP) is 2.79. The van der Waals surface area contributed by atoms with Crippen molar-refractivity contribution < 1.29 is 22.7 Å². The van der Waals surface area contributed by atoms with Gasteiger partial charge in [-0.2, -0.15) is 4.31 Å². The van der Waals surface area contributed by atoms with E-state index in [1.807, 2.05) is 18.4 Å². The van der Waals surface area contributed by atoms with E-state index in [-0.39, 0.29) is 11.5 Å². The molecule has 0 saturated carbocycles. The third-order valence-electron chi connectivity index (χ3n) is 4.20. The molecule has 0 atom stereocenters. The number of hydrogen-bond acceptors (Lipinski definition) is 6. The van der Waals surface area contributed by atoms with Crippen molar-refractivity contribution in [3.05, 3.63) is 59.7 Å². The van der Waals surface area contributed by atoms with Crippen LogP contribution in [0.15, 0.2) is 58.3 Å². The van der Waals surface area contributed by atoms with Crippen molar-refractivity contribution in [2.45, 2.75) is 16.4 Å². The number of rotatable bonds is 6. The quantitative estimate of drug-likeness (QED) is 0.542. The summed E-state index contributed by atoms with van der Waals surface area (Å²) in [6, 6.07) is 13.7. The summed E-state index contributed by atoms with van der Waals surface area (Å²) in [4.78, 5) is 13.4. The van der Waals surface area contributed by atoms with Crippen molar-refractivity contribution in [3.8, 4) is 0 Å². The second-order valence-electron chi connectivity index (χ2n) is 5.94. The van der Waals surface area contributed by atoms with E-state index in [2.05, 4.69) is 0 Å². The van der Waals surface area contributed by atoms with E-state index in [9.17, 15) is 13.2 Å². The fourth-order valence-corrected chi connectivity index (χ4v) is 4.84. The molecule has 0 aromatic heterocycles. The number of thioether (sulfide) groups is 1. The highest BCUT2D eigenvalue weighted by Crippen LogP contribution is 2.22. The molecule has 2 aromatic carbocycles. The molecule has 0 radical (unpaired) electrons. The van der Waals surface area contributed by atoms with Gasteiger partial charge in [0.15, 0.2) is 0 Å². The van der Waals surface area contributed by atoms with E-state index >= 15 is 0 Å². The van der Waals surface area contributed by atoms with Crippen LogP contribution in [0.1, 0.15) is 15.9 Å². The Hall–Kier alpha value is -1.87. The first-order chi connectivity index (χ1) is 13.0. The van der Waals surface area contributed by atoms with Crippen molar-refractivity contribution in [2.75, 3.05) is 32.6 Å². The summed E-state index contributed by atoms with van der Waals surface area (Å²) in [7, 11) is -3.58. The summed E-state index contributed by atoms with van der Waals surface area (Å²) in [5.41, 5.74) is 1.13. The number of nitrogens with zero attached hydrogens (tertiary/aromatic N) is 1. The molecule has 0 spiro atoms. The Balaban J connectivity index is 1.71. The minimum Gasteiger partial charge on any atom is -0.457 e. The molecule has 1 saturated heterocycles. The maximum absolute atomic E-state index is 12.7. The van der Waals surface area contributed by atoms with Gasteiger partial charge in [-0.05, 0) is 36.1 Å². The minimum atomic E-state index is -3.58. The molecule has 6 nitrogen and oxygen atoms in total. The number of morpholine rings is 1. The summed E-state index contributed by atoms with van der Waals surface area (Å²) in [5, 5.41) is 0. The van der Waals surface area contributed by atoms with Crippen LogP contribution in [-0.2, 0) is 26.1 Å². The molecule has 0 N–H and O–H groups in total. The van der Waals surface area contributed by atoms with Gasteiger partial charge in [0.25, 0.3) is 0 Å². The Morgan fingerprint density at radius 3 is 2.63 bits per heavy atom. The molecule has 2 aromatic rings. The number of carbonyl (C=O) groups excluding carboxylic acids is 1. The lowest BCUT2D eigenvalue weighted by Crippen LogP contribution is -2.40. The second kappa shape index (κ2) is 8.88. The van der Waals surface area contributed by atoms with Crippen LogP contribution in [0.25, 0.3) is 0 Å². The third kappa shape index (κ3) is 4.70. The summed E-state index contributed by atoms with van der Waals surface area (Å²) in [5.74, 6) is -0.429. The van der Waals surface area contributed by atoms with Crippen LogP contribution >= 0.6 is 11.8 Å². The molecule has 144 valence electrons. The van der Waals surface area contributed by atoms with Crippen LogP contribution < -0.4 is 0 Å². The number of sulfonamides is 1. The van der Waals surface area contributed by atoms with Gasteiger partial charge in [0.05, 0.1) is 23.7 Å². The van der Waals surface area contributed by atoms with Crippen LogP contribution in [0.5, 0.6) is 0 Å². The van der Waals surface area contributed by atoms with Crippen molar-refractivity contribution in [3.63, 3.8) is 0 Å². The zero-order chi connectivity index (χ0) is 19.3. The maximum atomic E-state index is 12.7. The summed E-state index contributed by atoms with van der Waals surface area (Å²) in [6.07, 6.45) is 1.89. The molecule has 0 amide bonds. The maximum Gasteiger partial charge on any atom is 0.339 e. The number of ether oxygens (including phenoxy) is 2. The fraction of sp³-hybridized carbons (Fsp3) is 0.316. The van der Waals surface area contributed by atoms with Gasteiger partial charge in [-0.15, -0.1) is 11.8 Å². The van der Waals surface area contributed by atoms with Gasteiger partial charge < -0.3 is 9.47 Å². The highest BCUT2D eigenvalue weighted by atomic mass is 32.2. The zero-order valence-electron chi connectivity index (χ0n) is 15.0. The van der Waals surface area contributed by atoms with Gasteiger partial charge in [0.1, 0.15) is 6.61 Å². The van der Waals surface area contributed by atoms with Crippen LogP contribution in [0, 0.1) is 0 Å². The Morgan fingerprint density at radius 2 is 1.89 bits per heavy atom. The van der Waals surface area contributed by atoms with Crippen LogP contribution in [0.3, 0.4) is 0 Å². The van der Waals surface area contributed by atoms with E-state index in [1.54, 1.807) is 36.4 Å². The lowest BCUT2D eigenvalue weighted by molar-refractivity contribution is 0.0468.